The second kappa shape index (κ2) is 4.80. The molecular weight excluding hydrogens is 228 g/mol. The minimum Gasteiger partial charge on any atom is -0.376 e. The zero-order chi connectivity index (χ0) is 12.5. The predicted molar refractivity (Wildman–Crippen MR) is 69.3 cm³/mol. The van der Waals surface area contributed by atoms with Crippen molar-refractivity contribution >= 4 is 0 Å². The van der Waals surface area contributed by atoms with Gasteiger partial charge in [0, 0.05) is 18.3 Å². The highest BCUT2D eigenvalue weighted by Crippen LogP contribution is 2.53. The van der Waals surface area contributed by atoms with Crippen LogP contribution in [0.3, 0.4) is 0 Å². The Morgan fingerprint density at radius 2 is 2.11 bits per heavy atom. The molecule has 0 bridgehead atoms. The molecule has 1 saturated carbocycles. The van der Waals surface area contributed by atoms with E-state index in [0.717, 1.165) is 39.1 Å². The van der Waals surface area contributed by atoms with Crippen molar-refractivity contribution in [3.63, 3.8) is 0 Å². The van der Waals surface area contributed by atoms with Crippen molar-refractivity contribution in [3.05, 3.63) is 24.3 Å². The summed E-state index contributed by atoms with van der Waals surface area (Å²) in [5.74, 6) is -0.307. The summed E-state index contributed by atoms with van der Waals surface area (Å²) in [6.45, 7) is 6.66. The van der Waals surface area contributed by atoms with Crippen molar-refractivity contribution < 1.29 is 14.2 Å². The molecule has 1 spiro atoms. The number of rotatable bonds is 4. The second-order valence-corrected chi connectivity index (χ2v) is 5.64. The lowest BCUT2D eigenvalue weighted by molar-refractivity contribution is -0.179. The third kappa shape index (κ3) is 2.04. The number of hydrogen-bond donors (Lipinski definition) is 0. The summed E-state index contributed by atoms with van der Waals surface area (Å²) in [6, 6.07) is 0. The van der Waals surface area contributed by atoms with Crippen LogP contribution in [0, 0.1) is 5.41 Å². The normalized spacial score (nSPS) is 33.4. The molecule has 0 aromatic rings. The molecule has 0 aromatic carbocycles. The Morgan fingerprint density at radius 1 is 1.28 bits per heavy atom. The number of allylic oxidation sites excluding steroid dienone is 1. The topological polar surface area (TPSA) is 27.7 Å². The molecule has 18 heavy (non-hydrogen) atoms. The van der Waals surface area contributed by atoms with Crippen LogP contribution in [-0.4, -0.2) is 32.2 Å². The molecular formula is C15H22O3. The predicted octanol–water partition coefficient (Wildman–Crippen LogP) is 2.82. The van der Waals surface area contributed by atoms with Crippen molar-refractivity contribution in [2.75, 3.05) is 26.4 Å². The Bertz CT molecular complexity index is 355. The Labute approximate surface area is 109 Å². The number of ether oxygens (including phenoxy) is 3. The Morgan fingerprint density at radius 3 is 2.89 bits per heavy atom. The van der Waals surface area contributed by atoms with Gasteiger partial charge in [0.05, 0.1) is 26.4 Å². The Balaban J connectivity index is 1.70. The van der Waals surface area contributed by atoms with Crippen LogP contribution in [0.15, 0.2) is 24.3 Å². The van der Waals surface area contributed by atoms with E-state index in [4.69, 9.17) is 14.2 Å². The quantitative estimate of drug-likeness (QED) is 0.567. The third-order valence-corrected chi connectivity index (χ3v) is 4.57. The average Bonchev–Trinajstić information content (AvgIpc) is 2.98. The maximum absolute atomic E-state index is 5.84. The number of fused-ring (bicyclic) bond motifs is 1. The lowest BCUT2D eigenvalue weighted by Gasteiger charge is -2.43. The Hall–Kier alpha value is -0.640. The van der Waals surface area contributed by atoms with E-state index < -0.39 is 0 Å². The first-order valence-electron chi connectivity index (χ1n) is 6.95. The lowest BCUT2D eigenvalue weighted by Crippen LogP contribution is -2.42. The van der Waals surface area contributed by atoms with Gasteiger partial charge in [-0.3, -0.25) is 0 Å². The van der Waals surface area contributed by atoms with Crippen molar-refractivity contribution in [2.45, 2.75) is 37.9 Å². The molecule has 3 nitrogen and oxygen atoms in total. The molecule has 1 heterocycles. The monoisotopic (exact) mass is 250 g/mol. The first-order valence-corrected chi connectivity index (χ1v) is 6.95. The van der Waals surface area contributed by atoms with Crippen molar-refractivity contribution in [1.82, 2.24) is 0 Å². The molecule has 0 radical (unpaired) electrons. The van der Waals surface area contributed by atoms with E-state index in [2.05, 4.69) is 12.7 Å². The molecule has 0 aromatic heterocycles. The van der Waals surface area contributed by atoms with Gasteiger partial charge in [0.1, 0.15) is 0 Å². The largest absolute Gasteiger partial charge is 0.376 e. The fourth-order valence-electron chi connectivity index (χ4n) is 3.57. The van der Waals surface area contributed by atoms with Crippen LogP contribution in [0.4, 0.5) is 0 Å². The van der Waals surface area contributed by atoms with Gasteiger partial charge in [-0.25, -0.2) is 0 Å². The minimum atomic E-state index is -0.307. The molecule has 3 heteroatoms. The molecule has 1 atom stereocenters. The van der Waals surface area contributed by atoms with E-state index in [0.29, 0.717) is 6.61 Å². The van der Waals surface area contributed by atoms with Gasteiger partial charge in [-0.15, -0.1) is 6.58 Å². The molecule has 100 valence electrons. The first kappa shape index (κ1) is 12.4. The van der Waals surface area contributed by atoms with Crippen LogP contribution in [-0.2, 0) is 14.2 Å². The second-order valence-electron chi connectivity index (χ2n) is 5.64. The van der Waals surface area contributed by atoms with E-state index >= 15 is 0 Å². The van der Waals surface area contributed by atoms with Crippen LogP contribution in [0.25, 0.3) is 0 Å². The SMILES string of the molecule is C=CCOCC12CCC=C1CC1(CC2)OCCO1. The van der Waals surface area contributed by atoms with Crippen molar-refractivity contribution in [1.29, 1.82) is 0 Å². The van der Waals surface area contributed by atoms with Gasteiger partial charge in [0.15, 0.2) is 5.79 Å². The van der Waals surface area contributed by atoms with Crippen molar-refractivity contribution in [3.8, 4) is 0 Å². The zero-order valence-corrected chi connectivity index (χ0v) is 11.0. The smallest absolute Gasteiger partial charge is 0.172 e. The minimum absolute atomic E-state index is 0.254. The van der Waals surface area contributed by atoms with Crippen molar-refractivity contribution in [2.24, 2.45) is 5.41 Å². The summed E-state index contributed by atoms with van der Waals surface area (Å²) in [7, 11) is 0. The van der Waals surface area contributed by atoms with Gasteiger partial charge in [0.2, 0.25) is 0 Å². The molecule has 3 aliphatic rings. The van der Waals surface area contributed by atoms with E-state index in [-0.39, 0.29) is 11.2 Å². The fraction of sp³-hybridized carbons (Fsp3) is 0.733. The zero-order valence-electron chi connectivity index (χ0n) is 11.0. The van der Waals surface area contributed by atoms with Gasteiger partial charge < -0.3 is 14.2 Å². The molecule has 1 unspecified atom stereocenters. The van der Waals surface area contributed by atoms with Gasteiger partial charge in [-0.05, 0) is 19.3 Å². The summed E-state index contributed by atoms with van der Waals surface area (Å²) in [5, 5.41) is 0. The summed E-state index contributed by atoms with van der Waals surface area (Å²) in [6.07, 6.45) is 9.65. The summed E-state index contributed by atoms with van der Waals surface area (Å²) in [5.41, 5.74) is 1.75. The van der Waals surface area contributed by atoms with Crippen LogP contribution in [0.5, 0.6) is 0 Å². The fourth-order valence-corrected chi connectivity index (χ4v) is 3.57. The standard InChI is InChI=1S/C15H22O3/c1-2-8-16-12-14-5-3-4-13(14)11-15(7-6-14)17-9-10-18-15/h2,4H,1,3,5-12H2. The maximum Gasteiger partial charge on any atom is 0.172 e. The highest BCUT2D eigenvalue weighted by atomic mass is 16.7. The summed E-state index contributed by atoms with van der Waals surface area (Å²) in [4.78, 5) is 0. The highest BCUT2D eigenvalue weighted by Gasteiger charge is 2.50. The van der Waals surface area contributed by atoms with Gasteiger partial charge in [-0.1, -0.05) is 17.7 Å². The van der Waals surface area contributed by atoms with Gasteiger partial charge >= 0.3 is 0 Å². The molecule has 1 saturated heterocycles. The molecule has 1 aliphatic heterocycles. The first-order chi connectivity index (χ1) is 8.79. The van der Waals surface area contributed by atoms with Crippen LogP contribution in [0.1, 0.15) is 32.1 Å². The summed E-state index contributed by atoms with van der Waals surface area (Å²) < 4.78 is 17.4. The highest BCUT2D eigenvalue weighted by molar-refractivity contribution is 5.25. The van der Waals surface area contributed by atoms with Crippen LogP contribution in [0.2, 0.25) is 0 Å². The van der Waals surface area contributed by atoms with E-state index in [1.165, 1.54) is 18.4 Å². The Kier molecular flexibility index (Phi) is 3.31. The van der Waals surface area contributed by atoms with Crippen LogP contribution >= 0.6 is 0 Å². The summed E-state index contributed by atoms with van der Waals surface area (Å²) >= 11 is 0. The third-order valence-electron chi connectivity index (χ3n) is 4.57. The lowest BCUT2D eigenvalue weighted by atomic mass is 9.69. The van der Waals surface area contributed by atoms with Crippen LogP contribution < -0.4 is 0 Å². The molecule has 3 rings (SSSR count). The molecule has 2 fully saturated rings. The number of hydrogen-bond acceptors (Lipinski definition) is 3. The van der Waals surface area contributed by atoms with Gasteiger partial charge in [0.25, 0.3) is 0 Å². The molecule has 0 amide bonds. The van der Waals surface area contributed by atoms with E-state index in [1.807, 2.05) is 6.08 Å². The van der Waals surface area contributed by atoms with E-state index in [1.54, 1.807) is 0 Å². The van der Waals surface area contributed by atoms with Gasteiger partial charge in [-0.2, -0.15) is 0 Å². The average molecular weight is 250 g/mol. The van der Waals surface area contributed by atoms with E-state index in [9.17, 15) is 0 Å². The molecule has 0 N–H and O–H groups in total. The maximum atomic E-state index is 5.84. The molecule has 2 aliphatic carbocycles.